The molecule has 4 aromatic carbocycles. The number of rotatable bonds is 8. The fourth-order valence-corrected chi connectivity index (χ4v) is 6.26. The van der Waals surface area contributed by atoms with E-state index in [0.29, 0.717) is 31.1 Å². The van der Waals surface area contributed by atoms with Crippen LogP contribution in [0.25, 0.3) is 21.5 Å². The monoisotopic (exact) mass is 589 g/mol. The molecule has 0 radical (unpaired) electrons. The van der Waals surface area contributed by atoms with Crippen molar-refractivity contribution in [3.8, 4) is 0 Å². The van der Waals surface area contributed by atoms with Crippen LogP contribution in [-0.2, 0) is 17.6 Å². The molecule has 0 aliphatic carbocycles. The van der Waals surface area contributed by atoms with Crippen molar-refractivity contribution in [3.63, 3.8) is 0 Å². The van der Waals surface area contributed by atoms with E-state index in [1.165, 1.54) is 0 Å². The molecular formula is C36H39N5O3. The van der Waals surface area contributed by atoms with Crippen molar-refractivity contribution < 1.29 is 14.1 Å². The van der Waals surface area contributed by atoms with Gasteiger partial charge < -0.3 is 19.6 Å². The van der Waals surface area contributed by atoms with Crippen LogP contribution in [0.2, 0.25) is 0 Å². The van der Waals surface area contributed by atoms with E-state index >= 15 is 0 Å². The summed E-state index contributed by atoms with van der Waals surface area (Å²) in [7, 11) is 1.76. The molecule has 1 saturated heterocycles. The normalized spacial score (nSPS) is 16.5. The molecular weight excluding hydrogens is 550 g/mol. The second-order valence-corrected chi connectivity index (χ2v) is 12.0. The Hall–Kier alpha value is -4.72. The van der Waals surface area contributed by atoms with Gasteiger partial charge in [-0.3, -0.25) is 4.79 Å². The van der Waals surface area contributed by atoms with Crippen LogP contribution in [0.1, 0.15) is 55.1 Å². The summed E-state index contributed by atoms with van der Waals surface area (Å²) in [6, 6.07) is 27.5. The van der Waals surface area contributed by atoms with E-state index in [4.69, 9.17) is 4.52 Å². The second kappa shape index (κ2) is 12.9. The minimum absolute atomic E-state index is 0.125. The molecule has 3 unspecified atom stereocenters. The number of benzene rings is 4. The molecule has 1 N–H and O–H groups in total. The fourth-order valence-electron chi connectivity index (χ4n) is 6.26. The summed E-state index contributed by atoms with van der Waals surface area (Å²) in [5.41, 5.74) is 2.02. The molecule has 8 heteroatoms. The number of hydrogen-bond acceptors (Lipinski definition) is 5. The Morgan fingerprint density at radius 2 is 1.52 bits per heavy atom. The fraction of sp³-hybridized carbons (Fsp3) is 0.333. The zero-order valence-electron chi connectivity index (χ0n) is 25.6. The van der Waals surface area contributed by atoms with Crippen LogP contribution in [-0.4, -0.2) is 57.6 Å². The van der Waals surface area contributed by atoms with Crippen molar-refractivity contribution in [1.82, 2.24) is 25.3 Å². The number of nitrogens with one attached hydrogen (secondary N) is 1. The van der Waals surface area contributed by atoms with E-state index in [9.17, 15) is 9.59 Å². The summed E-state index contributed by atoms with van der Waals surface area (Å²) in [5.74, 6) is 0.661. The number of likely N-dealkylation sites (N-methyl/N-ethyl adjacent to an activating group) is 1. The van der Waals surface area contributed by atoms with Gasteiger partial charge in [-0.1, -0.05) is 90.1 Å². The third kappa shape index (κ3) is 6.44. The van der Waals surface area contributed by atoms with Crippen molar-refractivity contribution in [2.45, 2.75) is 64.1 Å². The number of hydrogen-bond donors (Lipinski definition) is 1. The zero-order chi connectivity index (χ0) is 30.6. The lowest BCUT2D eigenvalue weighted by Crippen LogP contribution is -2.55. The lowest BCUT2D eigenvalue weighted by molar-refractivity contribution is -0.134. The number of likely N-dealkylation sites (tertiary alicyclic amines) is 1. The van der Waals surface area contributed by atoms with Gasteiger partial charge in [0.05, 0.1) is 0 Å². The minimum Gasteiger partial charge on any atom is -0.337 e. The highest BCUT2D eigenvalue weighted by atomic mass is 16.5. The van der Waals surface area contributed by atoms with E-state index in [2.05, 4.69) is 77.0 Å². The third-order valence-electron chi connectivity index (χ3n) is 8.80. The maximum Gasteiger partial charge on any atom is 0.318 e. The van der Waals surface area contributed by atoms with Gasteiger partial charge >= 0.3 is 6.03 Å². The van der Waals surface area contributed by atoms with Gasteiger partial charge in [0.2, 0.25) is 11.8 Å². The molecule has 6 rings (SSSR count). The molecule has 0 saturated carbocycles. The molecule has 1 fully saturated rings. The van der Waals surface area contributed by atoms with E-state index in [-0.39, 0.29) is 18.0 Å². The number of nitrogens with zero attached hydrogens (tertiary/aromatic N) is 4. The topological polar surface area (TPSA) is 91.6 Å². The SMILES string of the molecule is Cc1noc(C(Cc2ccc3ccccc3c2)N(C)C(=O)C(Cc2ccc3ccccc3c2)NC(=O)N2CCCCC2C)n1. The van der Waals surface area contributed by atoms with Gasteiger partial charge in [0.15, 0.2) is 5.82 Å². The van der Waals surface area contributed by atoms with Crippen molar-refractivity contribution in [2.24, 2.45) is 0 Å². The number of carbonyl (C=O) groups excluding carboxylic acids is 2. The van der Waals surface area contributed by atoms with Crippen LogP contribution in [0.5, 0.6) is 0 Å². The average Bonchev–Trinajstić information content (AvgIpc) is 3.48. The quantitative estimate of drug-likeness (QED) is 0.220. The largest absolute Gasteiger partial charge is 0.337 e. The third-order valence-corrected chi connectivity index (χ3v) is 8.80. The highest BCUT2D eigenvalue weighted by Crippen LogP contribution is 2.27. The number of amides is 3. The van der Waals surface area contributed by atoms with Crippen LogP contribution in [0.15, 0.2) is 89.5 Å². The average molecular weight is 590 g/mol. The van der Waals surface area contributed by atoms with Crippen molar-refractivity contribution >= 4 is 33.5 Å². The Labute approximate surface area is 258 Å². The van der Waals surface area contributed by atoms with E-state index < -0.39 is 12.1 Å². The number of aryl methyl sites for hydroxylation is 1. The molecule has 8 nitrogen and oxygen atoms in total. The van der Waals surface area contributed by atoms with Crippen molar-refractivity contribution in [3.05, 3.63) is 108 Å². The molecule has 3 amide bonds. The van der Waals surface area contributed by atoms with Gasteiger partial charge in [-0.25, -0.2) is 4.79 Å². The first-order chi connectivity index (χ1) is 21.4. The standard InChI is InChI=1S/C36H39N5O3/c1-24-10-8-9-19-41(24)36(43)38-32(22-26-15-17-28-11-4-6-13-30(28)20-26)35(42)40(3)33(34-37-25(2)39-44-34)23-27-16-18-29-12-5-7-14-31(29)21-27/h4-7,11-18,20-21,24,32-33H,8-10,19,22-23H2,1-3H3,(H,38,43). The van der Waals surface area contributed by atoms with E-state index in [1.54, 1.807) is 18.9 Å². The maximum atomic E-state index is 14.4. The summed E-state index contributed by atoms with van der Waals surface area (Å²) in [6.45, 7) is 4.53. The number of carbonyl (C=O) groups is 2. The van der Waals surface area contributed by atoms with Crippen molar-refractivity contribution in [1.29, 1.82) is 0 Å². The molecule has 1 aromatic heterocycles. The molecule has 5 aromatic rings. The lowest BCUT2D eigenvalue weighted by atomic mass is 9.98. The first-order valence-electron chi connectivity index (χ1n) is 15.4. The number of aromatic nitrogens is 2. The van der Waals surface area contributed by atoms with Crippen LogP contribution < -0.4 is 5.32 Å². The lowest BCUT2D eigenvalue weighted by Gasteiger charge is -2.35. The van der Waals surface area contributed by atoms with Gasteiger partial charge in [-0.15, -0.1) is 0 Å². The Kier molecular flexibility index (Phi) is 8.59. The molecule has 0 bridgehead atoms. The summed E-state index contributed by atoms with van der Waals surface area (Å²) < 4.78 is 5.64. The molecule has 1 aliphatic rings. The van der Waals surface area contributed by atoms with Crippen LogP contribution in [0, 0.1) is 6.92 Å². The Morgan fingerprint density at radius 1 is 0.909 bits per heavy atom. The first-order valence-corrected chi connectivity index (χ1v) is 15.4. The second-order valence-electron chi connectivity index (χ2n) is 12.0. The predicted octanol–water partition coefficient (Wildman–Crippen LogP) is 6.62. The summed E-state index contributed by atoms with van der Waals surface area (Å²) in [6.07, 6.45) is 3.86. The maximum absolute atomic E-state index is 14.4. The zero-order valence-corrected chi connectivity index (χ0v) is 25.6. The van der Waals surface area contributed by atoms with Crippen LogP contribution in [0.4, 0.5) is 4.79 Å². The van der Waals surface area contributed by atoms with Crippen LogP contribution >= 0.6 is 0 Å². The molecule has 226 valence electrons. The van der Waals surface area contributed by atoms with Crippen LogP contribution in [0.3, 0.4) is 0 Å². The van der Waals surface area contributed by atoms with E-state index in [0.717, 1.165) is 51.9 Å². The molecule has 1 aliphatic heterocycles. The van der Waals surface area contributed by atoms with Gasteiger partial charge in [-0.2, -0.15) is 4.98 Å². The number of urea groups is 1. The summed E-state index contributed by atoms with van der Waals surface area (Å²) in [5, 5.41) is 11.6. The number of fused-ring (bicyclic) bond motifs is 2. The minimum atomic E-state index is -0.786. The van der Waals surface area contributed by atoms with E-state index in [1.807, 2.05) is 35.2 Å². The van der Waals surface area contributed by atoms with Crippen molar-refractivity contribution in [2.75, 3.05) is 13.6 Å². The molecule has 3 atom stereocenters. The summed E-state index contributed by atoms with van der Waals surface area (Å²) in [4.78, 5) is 36.1. The number of piperidine rings is 1. The molecule has 44 heavy (non-hydrogen) atoms. The Balaban J connectivity index is 1.31. The Morgan fingerprint density at radius 3 is 2.11 bits per heavy atom. The highest BCUT2D eigenvalue weighted by molar-refractivity contribution is 5.88. The van der Waals surface area contributed by atoms with Gasteiger partial charge in [0.1, 0.15) is 12.1 Å². The van der Waals surface area contributed by atoms with Gasteiger partial charge in [-0.05, 0) is 65.8 Å². The summed E-state index contributed by atoms with van der Waals surface area (Å²) >= 11 is 0. The smallest absolute Gasteiger partial charge is 0.318 e. The predicted molar refractivity (Wildman–Crippen MR) is 172 cm³/mol. The molecule has 2 heterocycles. The Bertz CT molecular complexity index is 1780. The highest BCUT2D eigenvalue weighted by Gasteiger charge is 2.34. The van der Waals surface area contributed by atoms with Gasteiger partial charge in [0, 0.05) is 32.5 Å². The first kappa shape index (κ1) is 29.4. The van der Waals surface area contributed by atoms with Gasteiger partial charge in [0.25, 0.3) is 0 Å². The molecule has 0 spiro atoms.